The van der Waals surface area contributed by atoms with Crippen LogP contribution in [0, 0.1) is 96.9 Å². The summed E-state index contributed by atoms with van der Waals surface area (Å²) in [6.45, 7) is 45.4. The van der Waals surface area contributed by atoms with Crippen LogP contribution in [-0.2, 0) is 74.5 Å². The minimum Gasteiger partial charge on any atom is -0.489 e. The highest BCUT2D eigenvalue weighted by molar-refractivity contribution is 9.10. The number of carbonyl (C=O) groups is 6. The van der Waals surface area contributed by atoms with Gasteiger partial charge in [-0.2, -0.15) is 0 Å². The standard InChI is InChI=1S/C21H24O3.C20H24O3.2C19H22O3.C18H19BrO3.C18H19ClO3/c1-4-23-21(22)18-7-5-6-17(16-9-10-16)19(18)13-24-20-11-8-14(2)12-15(20)3;1-5-16-8-7-9-17(20(21)22-6-2)18(16)13-23-19-11-10-14(3)12-15(19)4;2*1-5-21-19(20)16-8-6-7-14(3)17(16)12-22-18-10-9-13(2)11-15(18)4;2*1-4-21-18(20)14-6-5-7-16(19)15(14)11-22-17-9-8-12(2)10-13(17)3/h5-8,11-12,16H,4,9-10,13H2,1-3H3;7-12H,5-6,13H2,1-4H3;2*6-11H,5,12H2,1-4H3;2*5-10H,4,11H2,1-3H3. The van der Waals surface area contributed by atoms with Gasteiger partial charge >= 0.3 is 35.8 Å². The molecule has 1 fully saturated rings. The molecule has 712 valence electrons. The number of hydrogen-bond acceptors (Lipinski definition) is 18. The maximum absolute atomic E-state index is 12.3. The third-order valence-electron chi connectivity index (χ3n) is 22.1. The van der Waals surface area contributed by atoms with Gasteiger partial charge in [0.25, 0.3) is 0 Å². The number of rotatable bonds is 32. The van der Waals surface area contributed by atoms with Crippen molar-refractivity contribution in [2.75, 3.05) is 39.6 Å². The lowest BCUT2D eigenvalue weighted by Gasteiger charge is -2.16. The first-order chi connectivity index (χ1) is 64.8. The molecule has 0 radical (unpaired) electrons. The van der Waals surface area contributed by atoms with Gasteiger partial charge in [0, 0.05) is 42.9 Å². The summed E-state index contributed by atoms with van der Waals surface area (Å²) >= 11 is 9.70. The van der Waals surface area contributed by atoms with Gasteiger partial charge in [-0.3, -0.25) is 0 Å². The van der Waals surface area contributed by atoms with Gasteiger partial charge in [-0.15, -0.1) is 0 Å². The largest absolute Gasteiger partial charge is 0.489 e. The van der Waals surface area contributed by atoms with Crippen LogP contribution in [0.4, 0.5) is 0 Å². The normalized spacial score (nSPS) is 11.0. The van der Waals surface area contributed by atoms with E-state index in [0.29, 0.717) is 123 Å². The Morgan fingerprint density at radius 3 is 0.800 bits per heavy atom. The highest BCUT2D eigenvalue weighted by Gasteiger charge is 2.30. The Hall–Kier alpha value is -13.0. The second kappa shape index (κ2) is 54.4. The van der Waals surface area contributed by atoms with Gasteiger partial charge in [0.1, 0.15) is 74.1 Å². The molecule has 0 aliphatic heterocycles. The molecule has 1 aliphatic carbocycles. The monoisotopic (exact) mass is 1910 g/mol. The molecule has 135 heavy (non-hydrogen) atoms. The third-order valence-corrected chi connectivity index (χ3v) is 23.2. The van der Waals surface area contributed by atoms with Crippen molar-refractivity contribution in [3.63, 3.8) is 0 Å². The lowest BCUT2D eigenvalue weighted by Crippen LogP contribution is -2.12. The van der Waals surface area contributed by atoms with E-state index in [0.717, 1.165) is 123 Å². The summed E-state index contributed by atoms with van der Waals surface area (Å²) in [4.78, 5) is 72.7. The molecular formula is C115H130BrClO18. The molecule has 18 nitrogen and oxygen atoms in total. The molecule has 0 saturated heterocycles. The van der Waals surface area contributed by atoms with Crippen LogP contribution in [0.3, 0.4) is 0 Å². The van der Waals surface area contributed by atoms with E-state index in [9.17, 15) is 28.8 Å². The Balaban J connectivity index is 0.000000199. The van der Waals surface area contributed by atoms with Crippen LogP contribution in [-0.4, -0.2) is 75.5 Å². The van der Waals surface area contributed by atoms with E-state index in [1.165, 1.54) is 51.8 Å². The fourth-order valence-electron chi connectivity index (χ4n) is 14.9. The van der Waals surface area contributed by atoms with Crippen molar-refractivity contribution >= 4 is 63.3 Å². The highest BCUT2D eigenvalue weighted by Crippen LogP contribution is 2.43. The molecule has 1 saturated carbocycles. The zero-order chi connectivity index (χ0) is 98.4. The number of aryl methyl sites for hydroxylation is 15. The fraction of sp³-hybridized carbons (Fsp3) is 0.322. The molecular weight excluding hydrogens is 1780 g/mol. The topological polar surface area (TPSA) is 213 Å². The number of esters is 6. The van der Waals surface area contributed by atoms with E-state index < -0.39 is 0 Å². The molecule has 0 amide bonds. The molecule has 0 spiro atoms. The molecule has 12 aromatic rings. The highest BCUT2D eigenvalue weighted by atomic mass is 79.9. The first-order valence-electron chi connectivity index (χ1n) is 45.9. The van der Waals surface area contributed by atoms with E-state index in [1.807, 2.05) is 223 Å². The van der Waals surface area contributed by atoms with E-state index >= 15 is 0 Å². The van der Waals surface area contributed by atoms with Crippen molar-refractivity contribution < 1.29 is 85.6 Å². The summed E-state index contributed by atoms with van der Waals surface area (Å²) in [6, 6.07) is 69.9. The number of carbonyl (C=O) groups excluding carboxylic acids is 6. The van der Waals surface area contributed by atoms with Crippen molar-refractivity contribution in [2.45, 2.75) is 210 Å². The zero-order valence-corrected chi connectivity index (χ0v) is 84.4. The Morgan fingerprint density at radius 1 is 0.267 bits per heavy atom. The molecule has 12 aromatic carbocycles. The number of halogens is 2. The van der Waals surface area contributed by atoms with Crippen molar-refractivity contribution in [1.82, 2.24) is 0 Å². The van der Waals surface area contributed by atoms with Crippen LogP contribution in [0.5, 0.6) is 34.5 Å². The maximum Gasteiger partial charge on any atom is 0.338 e. The first-order valence-corrected chi connectivity index (χ1v) is 47.1. The molecule has 20 heteroatoms. The predicted molar refractivity (Wildman–Crippen MR) is 539 cm³/mol. The van der Waals surface area contributed by atoms with E-state index in [1.54, 1.807) is 70.2 Å². The Labute approximate surface area is 811 Å². The van der Waals surface area contributed by atoms with Gasteiger partial charge in [0.05, 0.1) is 73.0 Å². The Morgan fingerprint density at radius 2 is 0.504 bits per heavy atom. The molecule has 0 bridgehead atoms. The van der Waals surface area contributed by atoms with E-state index in [4.69, 9.17) is 68.4 Å². The minimum absolute atomic E-state index is 0.220. The van der Waals surface area contributed by atoms with Crippen LogP contribution in [0.25, 0.3) is 0 Å². The van der Waals surface area contributed by atoms with Gasteiger partial charge in [0.15, 0.2) is 0 Å². The quantitative estimate of drug-likeness (QED) is 0.0283. The lowest BCUT2D eigenvalue weighted by atomic mass is 9.98. The van der Waals surface area contributed by atoms with Crippen LogP contribution in [0.2, 0.25) is 5.02 Å². The summed E-state index contributed by atoms with van der Waals surface area (Å²) in [5.41, 5.74) is 26.5. The maximum atomic E-state index is 12.3. The van der Waals surface area contributed by atoms with Crippen LogP contribution in [0.15, 0.2) is 223 Å². The van der Waals surface area contributed by atoms with Crippen molar-refractivity contribution in [3.8, 4) is 34.5 Å². The molecule has 0 N–H and O–H groups in total. The second-order valence-corrected chi connectivity index (χ2v) is 34.1. The Bertz CT molecular complexity index is 5550. The first kappa shape index (κ1) is 107. The van der Waals surface area contributed by atoms with Crippen molar-refractivity contribution in [2.24, 2.45) is 0 Å². The molecule has 0 aromatic heterocycles. The second-order valence-electron chi connectivity index (χ2n) is 32.8. The van der Waals surface area contributed by atoms with Gasteiger partial charge < -0.3 is 56.8 Å². The Kier molecular flexibility index (Phi) is 43.3. The van der Waals surface area contributed by atoms with Gasteiger partial charge in [-0.25, -0.2) is 28.8 Å². The van der Waals surface area contributed by atoms with Crippen molar-refractivity contribution in [3.05, 3.63) is 384 Å². The summed E-state index contributed by atoms with van der Waals surface area (Å²) in [6.07, 6.45) is 3.21. The SMILES string of the molecule is CCOC(=O)c1cccc(Br)c1COc1ccc(C)cc1C.CCOC(=O)c1cccc(C)c1COc1ccc(C)cc1C.CCOC(=O)c1cccc(C)c1COc1ccc(C)cc1C.CCOC(=O)c1cccc(C2CC2)c1COc1ccc(C)cc1C.CCOC(=O)c1cccc(CC)c1COc1ccc(C)cc1C.CCOC(=O)c1cccc(Cl)c1COc1ccc(C)cc1C. The van der Waals surface area contributed by atoms with Crippen molar-refractivity contribution in [1.29, 1.82) is 0 Å². The number of hydrogen-bond donors (Lipinski definition) is 0. The number of ether oxygens (including phenoxy) is 12. The zero-order valence-electron chi connectivity index (χ0n) is 82.1. The lowest BCUT2D eigenvalue weighted by molar-refractivity contribution is 0.0513. The summed E-state index contributed by atoms with van der Waals surface area (Å²) < 4.78 is 67.2. The summed E-state index contributed by atoms with van der Waals surface area (Å²) in [5, 5.41) is 0.496. The summed E-state index contributed by atoms with van der Waals surface area (Å²) in [5.74, 6) is 3.66. The molecule has 0 atom stereocenters. The summed E-state index contributed by atoms with van der Waals surface area (Å²) in [7, 11) is 0. The fourth-order valence-corrected chi connectivity index (χ4v) is 15.7. The molecule has 0 unspecified atom stereocenters. The molecule has 0 heterocycles. The molecule has 13 rings (SSSR count). The minimum atomic E-state index is -0.385. The van der Waals surface area contributed by atoms with Crippen LogP contribution >= 0.6 is 27.5 Å². The van der Waals surface area contributed by atoms with E-state index in [-0.39, 0.29) is 42.4 Å². The van der Waals surface area contributed by atoms with Gasteiger partial charge in [-0.05, 0) is 304 Å². The van der Waals surface area contributed by atoms with Crippen LogP contribution < -0.4 is 28.4 Å². The molecule has 1 aliphatic rings. The average Bonchev–Trinajstić information content (AvgIpc) is 1.64. The average molecular weight is 1920 g/mol. The predicted octanol–water partition coefficient (Wildman–Crippen LogP) is 27.8. The smallest absolute Gasteiger partial charge is 0.338 e. The van der Waals surface area contributed by atoms with E-state index in [2.05, 4.69) is 86.9 Å². The number of benzene rings is 12. The van der Waals surface area contributed by atoms with Gasteiger partial charge in [0.2, 0.25) is 0 Å². The van der Waals surface area contributed by atoms with Gasteiger partial charge in [-0.1, -0.05) is 201 Å². The van der Waals surface area contributed by atoms with Crippen LogP contribution in [0.1, 0.15) is 252 Å². The third kappa shape index (κ3) is 32.4.